The summed E-state index contributed by atoms with van der Waals surface area (Å²) in [6.45, 7) is 13.8. The van der Waals surface area contributed by atoms with Crippen molar-refractivity contribution in [2.45, 2.75) is 362 Å². The molecular formula is C64H124O6. The molecule has 6 nitrogen and oxygen atoms in total. The molecule has 0 unspecified atom stereocenters. The second-order valence-electron chi connectivity index (χ2n) is 23.5. The van der Waals surface area contributed by atoms with E-state index in [0.717, 1.165) is 75.5 Å². The number of unbranched alkanes of at least 4 members (excludes halogenated alkanes) is 40. The van der Waals surface area contributed by atoms with Gasteiger partial charge in [0.2, 0.25) is 0 Å². The maximum Gasteiger partial charge on any atom is 0.306 e. The van der Waals surface area contributed by atoms with Crippen LogP contribution in [0.4, 0.5) is 0 Å². The molecule has 416 valence electrons. The van der Waals surface area contributed by atoms with Crippen LogP contribution in [-0.2, 0) is 28.6 Å². The zero-order valence-corrected chi connectivity index (χ0v) is 48.3. The van der Waals surface area contributed by atoms with E-state index >= 15 is 0 Å². The van der Waals surface area contributed by atoms with E-state index in [4.69, 9.17) is 14.2 Å². The Bertz CT molecular complexity index is 1090. The molecule has 0 heterocycles. The first-order valence-electron chi connectivity index (χ1n) is 31.6. The van der Waals surface area contributed by atoms with Crippen LogP contribution in [0.3, 0.4) is 0 Å². The fourth-order valence-electron chi connectivity index (χ4n) is 9.88. The Kier molecular flexibility index (Phi) is 53.9. The molecule has 0 saturated carbocycles. The molecule has 0 bridgehead atoms. The highest BCUT2D eigenvalue weighted by Crippen LogP contribution is 2.19. The van der Waals surface area contributed by atoms with Crippen molar-refractivity contribution in [1.82, 2.24) is 0 Å². The van der Waals surface area contributed by atoms with Gasteiger partial charge in [-0.25, -0.2) is 0 Å². The number of carbonyl (C=O) groups excluding carboxylic acids is 3. The van der Waals surface area contributed by atoms with Crippen LogP contribution in [0.25, 0.3) is 0 Å². The molecule has 0 rings (SSSR count). The topological polar surface area (TPSA) is 78.9 Å². The van der Waals surface area contributed by atoms with Crippen LogP contribution in [0.2, 0.25) is 0 Å². The normalized spacial score (nSPS) is 12.1. The quantitative estimate of drug-likeness (QED) is 0.0343. The molecule has 0 N–H and O–H groups in total. The third-order valence-corrected chi connectivity index (χ3v) is 14.6. The van der Waals surface area contributed by atoms with E-state index < -0.39 is 6.10 Å². The van der Waals surface area contributed by atoms with Crippen LogP contribution in [0.5, 0.6) is 0 Å². The first-order chi connectivity index (χ1) is 34.1. The first kappa shape index (κ1) is 68.4. The third kappa shape index (κ3) is 57.3. The molecule has 0 aliphatic heterocycles. The molecule has 0 amide bonds. The van der Waals surface area contributed by atoms with Crippen molar-refractivity contribution in [3.8, 4) is 0 Å². The third-order valence-electron chi connectivity index (χ3n) is 14.6. The Balaban J connectivity index is 4.24. The van der Waals surface area contributed by atoms with E-state index in [9.17, 15) is 14.4 Å². The van der Waals surface area contributed by atoms with Crippen molar-refractivity contribution in [2.75, 3.05) is 13.2 Å². The summed E-state index contributed by atoms with van der Waals surface area (Å²) >= 11 is 0. The van der Waals surface area contributed by atoms with Crippen LogP contribution in [0, 0.1) is 17.8 Å². The Hall–Kier alpha value is -1.59. The minimum Gasteiger partial charge on any atom is -0.462 e. The lowest BCUT2D eigenvalue weighted by Gasteiger charge is -2.18. The Morgan fingerprint density at radius 1 is 0.243 bits per heavy atom. The van der Waals surface area contributed by atoms with Crippen LogP contribution in [0.1, 0.15) is 356 Å². The van der Waals surface area contributed by atoms with Crippen molar-refractivity contribution < 1.29 is 28.6 Å². The van der Waals surface area contributed by atoms with E-state index in [1.165, 1.54) is 238 Å². The van der Waals surface area contributed by atoms with Gasteiger partial charge in [0.25, 0.3) is 0 Å². The molecule has 0 saturated heterocycles. The summed E-state index contributed by atoms with van der Waals surface area (Å²) in [6, 6.07) is 0. The highest BCUT2D eigenvalue weighted by atomic mass is 16.6. The zero-order valence-electron chi connectivity index (χ0n) is 48.3. The maximum atomic E-state index is 12.9. The predicted molar refractivity (Wildman–Crippen MR) is 303 cm³/mol. The fourth-order valence-corrected chi connectivity index (χ4v) is 9.88. The number of carbonyl (C=O) groups is 3. The van der Waals surface area contributed by atoms with E-state index in [2.05, 4.69) is 41.5 Å². The maximum absolute atomic E-state index is 12.9. The van der Waals surface area contributed by atoms with Gasteiger partial charge < -0.3 is 14.2 Å². The van der Waals surface area contributed by atoms with Crippen LogP contribution < -0.4 is 0 Å². The van der Waals surface area contributed by atoms with E-state index in [1.54, 1.807) is 0 Å². The molecule has 0 aromatic carbocycles. The molecule has 0 aliphatic rings. The molecule has 0 aromatic heterocycles. The fraction of sp³-hybridized carbons (Fsp3) is 0.953. The van der Waals surface area contributed by atoms with Crippen molar-refractivity contribution in [2.24, 2.45) is 17.8 Å². The average Bonchev–Trinajstić information content (AvgIpc) is 3.32. The standard InChI is InChI=1S/C64H124O6/c1-58(2)50-44-38-32-26-21-17-13-9-7-8-10-15-19-23-29-35-41-47-53-62(65)68-56-61(57-69-63(66)54-48-42-36-31-25-28-34-40-46-52-60(5)6)70-64(67)55-49-43-37-30-24-20-16-12-11-14-18-22-27-33-39-45-51-59(3)4/h58-61H,7-57H2,1-6H3/t61-/m0/s1. The number of ether oxygens (including phenoxy) is 3. The monoisotopic (exact) mass is 989 g/mol. The smallest absolute Gasteiger partial charge is 0.306 e. The number of rotatable bonds is 57. The van der Waals surface area contributed by atoms with Crippen molar-refractivity contribution >= 4 is 17.9 Å². The lowest BCUT2D eigenvalue weighted by Crippen LogP contribution is -2.30. The SMILES string of the molecule is CC(C)CCCCCCCCCCCCCCCCCCCCC(=O)OC[C@@H](COC(=O)CCCCCCCCCCCC(C)C)OC(=O)CCCCCCCCCCCCCCCCCCC(C)C. The Morgan fingerprint density at radius 3 is 0.614 bits per heavy atom. The van der Waals surface area contributed by atoms with Crippen molar-refractivity contribution in [1.29, 1.82) is 0 Å². The van der Waals surface area contributed by atoms with Gasteiger partial charge in [-0.2, -0.15) is 0 Å². The van der Waals surface area contributed by atoms with Gasteiger partial charge in [0.15, 0.2) is 6.10 Å². The number of esters is 3. The highest BCUT2D eigenvalue weighted by molar-refractivity contribution is 5.71. The Morgan fingerprint density at radius 2 is 0.414 bits per heavy atom. The lowest BCUT2D eigenvalue weighted by molar-refractivity contribution is -0.167. The van der Waals surface area contributed by atoms with Crippen molar-refractivity contribution in [3.05, 3.63) is 0 Å². The summed E-state index contributed by atoms with van der Waals surface area (Å²) in [5.41, 5.74) is 0. The number of hydrogen-bond donors (Lipinski definition) is 0. The van der Waals surface area contributed by atoms with Gasteiger partial charge in [-0.1, -0.05) is 318 Å². The van der Waals surface area contributed by atoms with Crippen LogP contribution >= 0.6 is 0 Å². The zero-order chi connectivity index (χ0) is 51.2. The second kappa shape index (κ2) is 55.2. The summed E-state index contributed by atoms with van der Waals surface area (Å²) in [5.74, 6) is 1.68. The summed E-state index contributed by atoms with van der Waals surface area (Å²) < 4.78 is 16.9. The van der Waals surface area contributed by atoms with Crippen LogP contribution in [0.15, 0.2) is 0 Å². The Labute approximate surface area is 438 Å². The molecule has 6 heteroatoms. The molecule has 70 heavy (non-hydrogen) atoms. The minimum atomic E-state index is -0.764. The van der Waals surface area contributed by atoms with E-state index in [0.29, 0.717) is 19.3 Å². The van der Waals surface area contributed by atoms with Crippen molar-refractivity contribution in [3.63, 3.8) is 0 Å². The summed E-state index contributed by atoms with van der Waals surface area (Å²) in [4.78, 5) is 38.2. The molecule has 0 aliphatic carbocycles. The summed E-state index contributed by atoms with van der Waals surface area (Å²) in [7, 11) is 0. The molecule has 0 fully saturated rings. The summed E-state index contributed by atoms with van der Waals surface area (Å²) in [6.07, 6.45) is 59.7. The van der Waals surface area contributed by atoms with Gasteiger partial charge in [-0.05, 0) is 37.0 Å². The van der Waals surface area contributed by atoms with Gasteiger partial charge in [0.1, 0.15) is 13.2 Å². The first-order valence-corrected chi connectivity index (χ1v) is 31.6. The lowest BCUT2D eigenvalue weighted by atomic mass is 10.0. The van der Waals surface area contributed by atoms with E-state index in [1.807, 2.05) is 0 Å². The van der Waals surface area contributed by atoms with Gasteiger partial charge in [0, 0.05) is 19.3 Å². The molecule has 0 aromatic rings. The minimum absolute atomic E-state index is 0.0629. The molecular weight excluding hydrogens is 865 g/mol. The average molecular weight is 990 g/mol. The van der Waals surface area contributed by atoms with E-state index in [-0.39, 0.29) is 31.1 Å². The second-order valence-corrected chi connectivity index (χ2v) is 23.5. The van der Waals surface area contributed by atoms with Gasteiger partial charge in [0.05, 0.1) is 0 Å². The number of hydrogen-bond acceptors (Lipinski definition) is 6. The molecule has 1 atom stereocenters. The largest absolute Gasteiger partial charge is 0.462 e. The molecule has 0 radical (unpaired) electrons. The van der Waals surface area contributed by atoms with Gasteiger partial charge >= 0.3 is 17.9 Å². The molecule has 0 spiro atoms. The van der Waals surface area contributed by atoms with Gasteiger partial charge in [-0.15, -0.1) is 0 Å². The predicted octanol–water partition coefficient (Wildman–Crippen LogP) is 21.1. The van der Waals surface area contributed by atoms with Gasteiger partial charge in [-0.3, -0.25) is 14.4 Å². The van der Waals surface area contributed by atoms with Crippen LogP contribution in [-0.4, -0.2) is 37.2 Å². The highest BCUT2D eigenvalue weighted by Gasteiger charge is 2.19. The summed E-state index contributed by atoms with van der Waals surface area (Å²) in [5, 5.41) is 0.